The number of hydrogen-bond donors (Lipinski definition) is 2. The van der Waals surface area contributed by atoms with E-state index in [2.05, 4.69) is 15.0 Å². The number of nitrogen functional groups attached to an aromatic ring is 1. The zero-order chi connectivity index (χ0) is 25.4. The number of benzene rings is 1. The first-order valence-electron chi connectivity index (χ1n) is 10.9. The van der Waals surface area contributed by atoms with Gasteiger partial charge in [-0.1, -0.05) is 44.7 Å². The van der Waals surface area contributed by atoms with Gasteiger partial charge in [-0.05, 0) is 17.7 Å². The van der Waals surface area contributed by atoms with E-state index >= 15 is 0 Å². The van der Waals surface area contributed by atoms with Crippen LogP contribution in [0.1, 0.15) is 26.3 Å². The van der Waals surface area contributed by atoms with Gasteiger partial charge < -0.3 is 24.1 Å². The van der Waals surface area contributed by atoms with Crippen molar-refractivity contribution in [2.45, 2.75) is 33.9 Å². The highest BCUT2D eigenvalue weighted by Crippen LogP contribution is 2.39. The lowest BCUT2D eigenvalue weighted by atomic mass is 10.00. The minimum Gasteiger partial charge on any atom is -0.370 e. The molecule has 13 heteroatoms. The standard InChI is InChI=1S/C22H29FN5O5PS/c1-22(2,3)20(30)35-10-9-32-34(33-12-15-5-4-6-16(23)11-15)14-31-8-7-28-13-25-17-18(28)26-21(24)27-19(17)29/h4-6,11,13H,7-10,12,14H2,1-3H3,(H3,24,26,27,29). The van der Waals surface area contributed by atoms with Crippen LogP contribution >= 0.6 is 20.1 Å². The molecule has 0 aliphatic rings. The number of aromatic amines is 1. The van der Waals surface area contributed by atoms with Crippen molar-refractivity contribution in [1.82, 2.24) is 19.5 Å². The number of hydrogen-bond acceptors (Lipinski definition) is 9. The second-order valence-corrected chi connectivity index (χ2v) is 11.1. The Hall–Kier alpha value is -2.37. The predicted molar refractivity (Wildman–Crippen MR) is 134 cm³/mol. The number of carbonyl (C=O) groups excluding carboxylic acids is 1. The SMILES string of the molecule is CC(C)(C)C(=O)SCCOP(COCCn1cnc2c(=O)[nH]c(N)nc21)OCc1cccc(F)c1. The minimum absolute atomic E-state index is 0.00986. The van der Waals surface area contributed by atoms with Crippen LogP contribution in [-0.4, -0.2) is 49.9 Å². The Balaban J connectivity index is 1.52. The molecule has 35 heavy (non-hydrogen) atoms. The fraction of sp³-hybridized carbons (Fsp3) is 0.455. The molecule has 190 valence electrons. The van der Waals surface area contributed by atoms with E-state index in [1.165, 1.54) is 30.2 Å². The summed E-state index contributed by atoms with van der Waals surface area (Å²) in [4.78, 5) is 34.6. The van der Waals surface area contributed by atoms with E-state index < -0.39 is 19.3 Å². The molecule has 0 bridgehead atoms. The van der Waals surface area contributed by atoms with E-state index in [0.717, 1.165) is 0 Å². The molecular formula is C22H29FN5O5PS. The zero-order valence-corrected chi connectivity index (χ0v) is 21.5. The van der Waals surface area contributed by atoms with Crippen molar-refractivity contribution in [1.29, 1.82) is 0 Å². The Morgan fingerprint density at radius 3 is 2.83 bits per heavy atom. The zero-order valence-electron chi connectivity index (χ0n) is 19.8. The molecule has 3 aromatic rings. The van der Waals surface area contributed by atoms with E-state index in [4.69, 9.17) is 19.5 Å². The number of halogens is 1. The maximum atomic E-state index is 13.5. The summed E-state index contributed by atoms with van der Waals surface area (Å²) in [5.41, 5.74) is 6.04. The molecule has 10 nitrogen and oxygen atoms in total. The minimum atomic E-state index is -1.45. The van der Waals surface area contributed by atoms with E-state index in [0.29, 0.717) is 30.1 Å². The number of fused-ring (bicyclic) bond motifs is 1. The third-order valence-electron chi connectivity index (χ3n) is 4.59. The Morgan fingerprint density at radius 1 is 1.29 bits per heavy atom. The second-order valence-electron chi connectivity index (χ2n) is 8.55. The highest BCUT2D eigenvalue weighted by Gasteiger charge is 2.21. The monoisotopic (exact) mass is 525 g/mol. The number of ether oxygens (including phenoxy) is 1. The maximum absolute atomic E-state index is 13.5. The van der Waals surface area contributed by atoms with Crippen molar-refractivity contribution < 1.29 is 23.0 Å². The molecule has 2 heterocycles. The third kappa shape index (κ3) is 8.36. The van der Waals surface area contributed by atoms with Crippen molar-refractivity contribution >= 4 is 42.4 Å². The summed E-state index contributed by atoms with van der Waals surface area (Å²) in [7, 11) is -1.45. The van der Waals surface area contributed by atoms with Crippen LogP contribution in [0.3, 0.4) is 0 Å². The third-order valence-corrected chi connectivity index (χ3v) is 7.12. The van der Waals surface area contributed by atoms with Gasteiger partial charge in [-0.2, -0.15) is 4.98 Å². The number of thioether (sulfide) groups is 1. The molecule has 0 saturated carbocycles. The summed E-state index contributed by atoms with van der Waals surface area (Å²) in [5.74, 6) is 0.155. The van der Waals surface area contributed by atoms with Crippen LogP contribution in [0.25, 0.3) is 11.2 Å². The summed E-state index contributed by atoms with van der Waals surface area (Å²) < 4.78 is 32.6. The summed E-state index contributed by atoms with van der Waals surface area (Å²) in [6.45, 7) is 6.75. The largest absolute Gasteiger partial charge is 0.370 e. The number of carbonyl (C=O) groups is 1. The molecule has 0 aliphatic heterocycles. The molecule has 0 radical (unpaired) electrons. The molecule has 1 aromatic carbocycles. The molecule has 0 amide bonds. The van der Waals surface area contributed by atoms with E-state index in [9.17, 15) is 14.0 Å². The quantitative estimate of drug-likeness (QED) is 0.268. The number of H-pyrrole nitrogens is 1. The van der Waals surface area contributed by atoms with Crippen LogP contribution in [0.15, 0.2) is 35.4 Å². The fourth-order valence-corrected chi connectivity index (χ4v) is 4.81. The number of imidazole rings is 1. The molecule has 1 atom stereocenters. The summed E-state index contributed by atoms with van der Waals surface area (Å²) in [5, 5.41) is 0.0861. The van der Waals surface area contributed by atoms with Crippen LogP contribution in [-0.2, 0) is 31.7 Å². The molecule has 1 unspecified atom stereocenters. The fourth-order valence-electron chi connectivity index (χ4n) is 2.81. The van der Waals surface area contributed by atoms with Gasteiger partial charge in [0.2, 0.25) is 5.95 Å². The number of nitrogens with zero attached hydrogens (tertiary/aromatic N) is 3. The number of nitrogens with two attached hydrogens (primary N) is 1. The smallest absolute Gasteiger partial charge is 0.280 e. The van der Waals surface area contributed by atoms with Gasteiger partial charge in [0.15, 0.2) is 24.7 Å². The van der Waals surface area contributed by atoms with Gasteiger partial charge in [0.25, 0.3) is 5.56 Å². The lowest BCUT2D eigenvalue weighted by Gasteiger charge is -2.19. The van der Waals surface area contributed by atoms with Crippen molar-refractivity contribution in [3.8, 4) is 0 Å². The van der Waals surface area contributed by atoms with Crippen molar-refractivity contribution in [3.05, 3.63) is 52.3 Å². The molecule has 2 aromatic heterocycles. The van der Waals surface area contributed by atoms with Crippen molar-refractivity contribution in [2.75, 3.05) is 31.0 Å². The van der Waals surface area contributed by atoms with Crippen LogP contribution in [0.5, 0.6) is 0 Å². The Morgan fingerprint density at radius 2 is 2.09 bits per heavy atom. The van der Waals surface area contributed by atoms with Gasteiger partial charge in [-0.3, -0.25) is 14.6 Å². The van der Waals surface area contributed by atoms with Gasteiger partial charge in [0.1, 0.15) is 12.2 Å². The topological polar surface area (TPSA) is 134 Å². The van der Waals surface area contributed by atoms with Crippen LogP contribution in [0.2, 0.25) is 0 Å². The highest BCUT2D eigenvalue weighted by atomic mass is 32.2. The lowest BCUT2D eigenvalue weighted by Crippen LogP contribution is -2.17. The van der Waals surface area contributed by atoms with Gasteiger partial charge in [-0.25, -0.2) is 9.37 Å². The van der Waals surface area contributed by atoms with Crippen LogP contribution in [0, 0.1) is 11.2 Å². The average molecular weight is 526 g/mol. The summed E-state index contributed by atoms with van der Waals surface area (Å²) in [6, 6.07) is 6.14. The van der Waals surface area contributed by atoms with Gasteiger partial charge in [-0.15, -0.1) is 0 Å². The Labute approximate surface area is 207 Å². The molecule has 0 spiro atoms. The second kappa shape index (κ2) is 12.5. The first kappa shape index (κ1) is 27.2. The maximum Gasteiger partial charge on any atom is 0.280 e. The summed E-state index contributed by atoms with van der Waals surface area (Å²) >= 11 is 1.22. The Bertz CT molecular complexity index is 1200. The van der Waals surface area contributed by atoms with Crippen LogP contribution < -0.4 is 11.3 Å². The molecule has 3 rings (SSSR count). The normalized spacial score (nSPS) is 12.8. The molecule has 0 fully saturated rings. The number of rotatable bonds is 12. The first-order chi connectivity index (χ1) is 16.6. The van der Waals surface area contributed by atoms with Crippen LogP contribution in [0.4, 0.5) is 10.3 Å². The van der Waals surface area contributed by atoms with E-state index in [1.807, 2.05) is 20.8 Å². The van der Waals surface area contributed by atoms with E-state index in [-0.39, 0.29) is 42.0 Å². The Kier molecular flexibility index (Phi) is 9.76. The molecule has 0 saturated heterocycles. The number of nitrogens with one attached hydrogen (secondary N) is 1. The number of anilines is 1. The highest BCUT2D eigenvalue weighted by molar-refractivity contribution is 8.13. The molecule has 0 aliphatic carbocycles. The first-order valence-corrected chi connectivity index (χ1v) is 13.2. The van der Waals surface area contributed by atoms with Gasteiger partial charge in [0, 0.05) is 17.7 Å². The number of aromatic nitrogens is 4. The summed E-state index contributed by atoms with van der Waals surface area (Å²) in [6.07, 6.45) is 1.67. The molecule has 3 N–H and O–H groups in total. The van der Waals surface area contributed by atoms with Gasteiger partial charge >= 0.3 is 0 Å². The van der Waals surface area contributed by atoms with Crippen molar-refractivity contribution in [3.63, 3.8) is 0 Å². The lowest BCUT2D eigenvalue weighted by molar-refractivity contribution is -0.117. The molecular weight excluding hydrogens is 496 g/mol. The van der Waals surface area contributed by atoms with Gasteiger partial charge in [0.05, 0.1) is 26.1 Å². The predicted octanol–water partition coefficient (Wildman–Crippen LogP) is 3.67. The average Bonchev–Trinajstić information content (AvgIpc) is 3.19. The van der Waals surface area contributed by atoms with E-state index in [1.54, 1.807) is 16.7 Å². The van der Waals surface area contributed by atoms with Crippen molar-refractivity contribution in [2.24, 2.45) is 5.41 Å².